The van der Waals surface area contributed by atoms with Crippen molar-refractivity contribution in [2.75, 3.05) is 12.8 Å². The second-order valence-corrected chi connectivity index (χ2v) is 4.79. The number of nitrogens with zero attached hydrogens (tertiary/aromatic N) is 3. The SMILES string of the molecule is COc1ccc(C)cc1-n1cncc1-c1cnccc1N. The second-order valence-electron chi connectivity index (χ2n) is 4.79. The van der Waals surface area contributed by atoms with E-state index in [0.717, 1.165) is 28.3 Å². The molecule has 0 bridgehead atoms. The molecule has 0 saturated carbocycles. The molecule has 0 aliphatic heterocycles. The van der Waals surface area contributed by atoms with Gasteiger partial charge in [-0.15, -0.1) is 0 Å². The first-order valence-electron chi connectivity index (χ1n) is 6.58. The third-order valence-electron chi connectivity index (χ3n) is 3.36. The van der Waals surface area contributed by atoms with Gasteiger partial charge in [0.25, 0.3) is 0 Å². The van der Waals surface area contributed by atoms with Gasteiger partial charge in [-0.3, -0.25) is 9.55 Å². The number of methoxy groups -OCH3 is 1. The van der Waals surface area contributed by atoms with Crippen molar-refractivity contribution in [2.45, 2.75) is 6.92 Å². The maximum atomic E-state index is 6.05. The highest BCUT2D eigenvalue weighted by molar-refractivity contribution is 5.74. The Morgan fingerprint density at radius 3 is 2.76 bits per heavy atom. The minimum absolute atomic E-state index is 0.665. The smallest absolute Gasteiger partial charge is 0.142 e. The van der Waals surface area contributed by atoms with Crippen LogP contribution in [-0.2, 0) is 0 Å². The van der Waals surface area contributed by atoms with Gasteiger partial charge >= 0.3 is 0 Å². The molecule has 106 valence electrons. The van der Waals surface area contributed by atoms with Crippen LogP contribution in [0.15, 0.2) is 49.2 Å². The van der Waals surface area contributed by atoms with E-state index in [-0.39, 0.29) is 0 Å². The van der Waals surface area contributed by atoms with Gasteiger partial charge in [-0.2, -0.15) is 0 Å². The van der Waals surface area contributed by atoms with Crippen LogP contribution in [0.4, 0.5) is 5.69 Å². The van der Waals surface area contributed by atoms with E-state index in [0.29, 0.717) is 5.69 Å². The molecular weight excluding hydrogens is 264 g/mol. The lowest BCUT2D eigenvalue weighted by Crippen LogP contribution is -2.01. The number of ether oxygens (including phenoxy) is 1. The maximum absolute atomic E-state index is 6.05. The van der Waals surface area contributed by atoms with E-state index >= 15 is 0 Å². The van der Waals surface area contributed by atoms with Crippen molar-refractivity contribution in [2.24, 2.45) is 0 Å². The third-order valence-corrected chi connectivity index (χ3v) is 3.36. The lowest BCUT2D eigenvalue weighted by atomic mass is 10.1. The number of anilines is 1. The summed E-state index contributed by atoms with van der Waals surface area (Å²) < 4.78 is 7.41. The first-order valence-corrected chi connectivity index (χ1v) is 6.58. The quantitative estimate of drug-likeness (QED) is 0.801. The fourth-order valence-electron chi connectivity index (χ4n) is 2.29. The van der Waals surface area contributed by atoms with Crippen molar-refractivity contribution in [3.63, 3.8) is 0 Å². The number of hydrogen-bond acceptors (Lipinski definition) is 4. The number of benzene rings is 1. The fraction of sp³-hybridized carbons (Fsp3) is 0.125. The highest BCUT2D eigenvalue weighted by atomic mass is 16.5. The predicted molar refractivity (Wildman–Crippen MR) is 82.5 cm³/mol. The van der Waals surface area contributed by atoms with Crippen molar-refractivity contribution in [3.8, 4) is 22.7 Å². The summed E-state index contributed by atoms with van der Waals surface area (Å²) in [6.45, 7) is 2.04. The van der Waals surface area contributed by atoms with Crippen LogP contribution >= 0.6 is 0 Å². The van der Waals surface area contributed by atoms with Gasteiger partial charge in [0.1, 0.15) is 5.75 Å². The molecule has 5 nitrogen and oxygen atoms in total. The highest BCUT2D eigenvalue weighted by Crippen LogP contribution is 2.31. The van der Waals surface area contributed by atoms with Crippen LogP contribution < -0.4 is 10.5 Å². The lowest BCUT2D eigenvalue weighted by molar-refractivity contribution is 0.413. The number of aryl methyl sites for hydroxylation is 1. The molecule has 0 atom stereocenters. The molecule has 0 spiro atoms. The summed E-state index contributed by atoms with van der Waals surface area (Å²) in [7, 11) is 1.66. The van der Waals surface area contributed by atoms with Crippen LogP contribution in [0.25, 0.3) is 16.9 Å². The Balaban J connectivity index is 2.21. The van der Waals surface area contributed by atoms with Gasteiger partial charge < -0.3 is 10.5 Å². The summed E-state index contributed by atoms with van der Waals surface area (Å²) in [5, 5.41) is 0. The van der Waals surface area contributed by atoms with Gasteiger partial charge in [-0.25, -0.2) is 4.98 Å². The molecule has 2 aromatic heterocycles. The van der Waals surface area contributed by atoms with Crippen LogP contribution in [0.5, 0.6) is 5.75 Å². The van der Waals surface area contributed by atoms with Crippen molar-refractivity contribution in [1.29, 1.82) is 0 Å². The lowest BCUT2D eigenvalue weighted by Gasteiger charge is -2.14. The molecule has 0 aliphatic carbocycles. The molecule has 1 aromatic carbocycles. The average Bonchev–Trinajstić information content (AvgIpc) is 2.96. The molecule has 0 radical (unpaired) electrons. The Hall–Kier alpha value is -2.82. The Morgan fingerprint density at radius 2 is 2.00 bits per heavy atom. The second kappa shape index (κ2) is 5.28. The zero-order chi connectivity index (χ0) is 14.8. The molecule has 5 heteroatoms. The zero-order valence-electron chi connectivity index (χ0n) is 11.9. The van der Waals surface area contributed by atoms with E-state index in [2.05, 4.69) is 16.0 Å². The van der Waals surface area contributed by atoms with Gasteiger partial charge in [0.2, 0.25) is 0 Å². The van der Waals surface area contributed by atoms with Crippen LogP contribution in [0.1, 0.15) is 5.56 Å². The number of aromatic nitrogens is 3. The summed E-state index contributed by atoms with van der Waals surface area (Å²) in [6.07, 6.45) is 6.94. The minimum atomic E-state index is 0.665. The fourth-order valence-corrected chi connectivity index (χ4v) is 2.29. The van der Waals surface area contributed by atoms with Crippen LogP contribution in [-0.4, -0.2) is 21.6 Å². The maximum Gasteiger partial charge on any atom is 0.142 e. The molecule has 0 amide bonds. The monoisotopic (exact) mass is 280 g/mol. The van der Waals surface area contributed by atoms with E-state index in [9.17, 15) is 0 Å². The van der Waals surface area contributed by atoms with E-state index < -0.39 is 0 Å². The molecule has 0 unspecified atom stereocenters. The van der Waals surface area contributed by atoms with Crippen molar-refractivity contribution < 1.29 is 4.74 Å². The average molecular weight is 280 g/mol. The summed E-state index contributed by atoms with van der Waals surface area (Å²) in [4.78, 5) is 8.39. The number of pyridine rings is 1. The van der Waals surface area contributed by atoms with E-state index in [1.165, 1.54) is 0 Å². The molecule has 0 saturated heterocycles. The number of nitrogen functional groups attached to an aromatic ring is 1. The first kappa shape index (κ1) is 13.2. The highest BCUT2D eigenvalue weighted by Gasteiger charge is 2.13. The number of nitrogens with two attached hydrogens (primary N) is 1. The van der Waals surface area contributed by atoms with Crippen LogP contribution in [0.2, 0.25) is 0 Å². The zero-order valence-corrected chi connectivity index (χ0v) is 11.9. The molecule has 2 N–H and O–H groups in total. The summed E-state index contributed by atoms with van der Waals surface area (Å²) in [5.74, 6) is 0.780. The number of imidazole rings is 1. The molecule has 3 aromatic rings. The molecule has 2 heterocycles. The first-order chi connectivity index (χ1) is 10.2. The van der Waals surface area contributed by atoms with Crippen molar-refractivity contribution in [1.82, 2.24) is 14.5 Å². The number of hydrogen-bond donors (Lipinski definition) is 1. The van der Waals surface area contributed by atoms with Gasteiger partial charge in [-0.05, 0) is 30.7 Å². The largest absolute Gasteiger partial charge is 0.495 e. The summed E-state index contributed by atoms with van der Waals surface area (Å²) >= 11 is 0. The standard InChI is InChI=1S/C16H16N4O/c1-11-3-4-16(21-2)14(7-11)20-10-19-9-15(20)12-8-18-6-5-13(12)17/h3-10H,1-2H3,(H2,17,18). The van der Waals surface area contributed by atoms with Crippen molar-refractivity contribution >= 4 is 5.69 Å². The van der Waals surface area contributed by atoms with Gasteiger partial charge in [0.15, 0.2) is 0 Å². The van der Waals surface area contributed by atoms with Crippen LogP contribution in [0, 0.1) is 6.92 Å². The normalized spacial score (nSPS) is 10.6. The third kappa shape index (κ3) is 2.33. The Morgan fingerprint density at radius 1 is 1.14 bits per heavy atom. The van der Waals surface area contributed by atoms with Gasteiger partial charge in [-0.1, -0.05) is 6.07 Å². The molecular formula is C16H16N4O. The Labute approximate surface area is 123 Å². The van der Waals surface area contributed by atoms with E-state index in [1.807, 2.05) is 23.6 Å². The van der Waals surface area contributed by atoms with Crippen LogP contribution in [0.3, 0.4) is 0 Å². The molecule has 3 rings (SSSR count). The Kier molecular flexibility index (Phi) is 3.31. The summed E-state index contributed by atoms with van der Waals surface area (Å²) in [5.41, 5.74) is 10.5. The molecule has 0 aliphatic rings. The topological polar surface area (TPSA) is 66.0 Å². The molecule has 21 heavy (non-hydrogen) atoms. The minimum Gasteiger partial charge on any atom is -0.495 e. The summed E-state index contributed by atoms with van der Waals surface area (Å²) in [6, 6.07) is 7.79. The Bertz CT molecular complexity index is 779. The predicted octanol–water partition coefficient (Wildman–Crippen LogP) is 2.83. The number of rotatable bonds is 3. The van der Waals surface area contributed by atoms with Crippen molar-refractivity contribution in [3.05, 3.63) is 54.7 Å². The van der Waals surface area contributed by atoms with E-state index in [4.69, 9.17) is 10.5 Å². The van der Waals surface area contributed by atoms with Gasteiger partial charge in [0.05, 0.1) is 31.0 Å². The van der Waals surface area contributed by atoms with E-state index in [1.54, 1.807) is 38.1 Å². The van der Waals surface area contributed by atoms with Gasteiger partial charge in [0, 0.05) is 23.6 Å². The molecule has 0 fully saturated rings.